The van der Waals surface area contributed by atoms with Crippen molar-refractivity contribution in [1.82, 2.24) is 0 Å². The minimum absolute atomic E-state index is 0.0181. The summed E-state index contributed by atoms with van der Waals surface area (Å²) in [6.45, 7) is 0. The van der Waals surface area contributed by atoms with Gasteiger partial charge in [0.2, 0.25) is 0 Å². The zero-order valence-electron chi connectivity index (χ0n) is 9.68. The Kier molecular flexibility index (Phi) is 6.06. The first-order chi connectivity index (χ1) is 9.40. The van der Waals surface area contributed by atoms with E-state index in [2.05, 4.69) is 89.0 Å². The molecule has 0 aliphatic rings. The van der Waals surface area contributed by atoms with E-state index in [9.17, 15) is 9.18 Å². The summed E-state index contributed by atoms with van der Waals surface area (Å²) in [6.07, 6.45) is 0. The molecule has 0 aliphatic heterocycles. The molecule has 104 valence electrons. The van der Waals surface area contributed by atoms with E-state index in [-0.39, 0.29) is 10.0 Å². The Labute approximate surface area is 164 Å². The second-order valence-electron chi connectivity index (χ2n) is 3.80. The maximum atomic E-state index is 13.9. The number of hydrogen-bond donors (Lipinski definition) is 1. The number of carbonyl (C=O) groups excluding carboxylic acids is 1. The first kappa shape index (κ1) is 16.9. The van der Waals surface area contributed by atoms with E-state index < -0.39 is 11.7 Å². The SMILES string of the molecule is O=C(Nc1c(I)cc(I)cc1I)c1cccc(Br)c1F. The van der Waals surface area contributed by atoms with Gasteiger partial charge in [-0.25, -0.2) is 4.39 Å². The molecule has 0 fully saturated rings. The van der Waals surface area contributed by atoms with Crippen LogP contribution in [0.1, 0.15) is 10.4 Å². The molecule has 1 amide bonds. The maximum absolute atomic E-state index is 13.9. The average molecular weight is 672 g/mol. The fraction of sp³-hybridized carbons (Fsp3) is 0. The number of benzene rings is 2. The summed E-state index contributed by atoms with van der Waals surface area (Å²) in [5.74, 6) is -1.01. The molecule has 2 nitrogen and oxygen atoms in total. The van der Waals surface area contributed by atoms with Crippen LogP contribution in [0.3, 0.4) is 0 Å². The van der Waals surface area contributed by atoms with Crippen LogP contribution in [0, 0.1) is 16.5 Å². The van der Waals surface area contributed by atoms with E-state index >= 15 is 0 Å². The highest BCUT2D eigenvalue weighted by Gasteiger charge is 2.16. The van der Waals surface area contributed by atoms with Gasteiger partial charge in [-0.05, 0) is 108 Å². The molecule has 2 rings (SSSR count). The van der Waals surface area contributed by atoms with Crippen LogP contribution in [-0.2, 0) is 0 Å². The van der Waals surface area contributed by atoms with Gasteiger partial charge in [-0.1, -0.05) is 6.07 Å². The number of nitrogens with one attached hydrogen (secondary N) is 1. The molecule has 0 unspecified atom stereocenters. The fourth-order valence-electron chi connectivity index (χ4n) is 1.52. The van der Waals surface area contributed by atoms with Crippen molar-refractivity contribution in [2.45, 2.75) is 0 Å². The third kappa shape index (κ3) is 3.83. The van der Waals surface area contributed by atoms with Crippen LogP contribution in [0.2, 0.25) is 0 Å². The average Bonchev–Trinajstić information content (AvgIpc) is 2.36. The molecule has 7 heteroatoms. The lowest BCUT2D eigenvalue weighted by Crippen LogP contribution is -2.15. The number of halogens is 5. The van der Waals surface area contributed by atoms with Crippen molar-refractivity contribution >= 4 is 95.3 Å². The van der Waals surface area contributed by atoms with Crippen LogP contribution in [0.15, 0.2) is 34.8 Å². The van der Waals surface area contributed by atoms with Gasteiger partial charge >= 0.3 is 0 Å². The zero-order valence-corrected chi connectivity index (χ0v) is 17.7. The van der Waals surface area contributed by atoms with Gasteiger partial charge in [0, 0.05) is 10.7 Å². The van der Waals surface area contributed by atoms with Crippen LogP contribution >= 0.6 is 83.7 Å². The lowest BCUT2D eigenvalue weighted by atomic mass is 10.2. The number of rotatable bonds is 2. The van der Waals surface area contributed by atoms with Crippen molar-refractivity contribution < 1.29 is 9.18 Å². The van der Waals surface area contributed by atoms with Crippen molar-refractivity contribution in [2.24, 2.45) is 0 Å². The Morgan fingerprint density at radius 1 is 1.15 bits per heavy atom. The zero-order chi connectivity index (χ0) is 14.9. The summed E-state index contributed by atoms with van der Waals surface area (Å²) in [4.78, 5) is 12.2. The van der Waals surface area contributed by atoms with Crippen molar-refractivity contribution in [3.8, 4) is 0 Å². The highest BCUT2D eigenvalue weighted by Crippen LogP contribution is 2.28. The highest BCUT2D eigenvalue weighted by molar-refractivity contribution is 14.1. The number of amides is 1. The molecule has 1 N–H and O–H groups in total. The van der Waals surface area contributed by atoms with Crippen molar-refractivity contribution in [1.29, 1.82) is 0 Å². The second kappa shape index (κ2) is 7.18. The van der Waals surface area contributed by atoms with E-state index in [0.29, 0.717) is 5.69 Å². The summed E-state index contributed by atoms with van der Waals surface area (Å²) in [5, 5.41) is 2.77. The number of carbonyl (C=O) groups is 1. The van der Waals surface area contributed by atoms with Gasteiger partial charge in [0.05, 0.1) is 15.7 Å². The molecule has 2 aromatic rings. The molecular formula is C13H6BrFI3NO. The molecule has 0 aromatic heterocycles. The quantitative estimate of drug-likeness (QED) is 0.411. The topological polar surface area (TPSA) is 29.1 Å². The minimum Gasteiger partial charge on any atom is -0.320 e. The summed E-state index contributed by atoms with van der Waals surface area (Å²) in [5.41, 5.74) is 0.723. The molecular weight excluding hydrogens is 666 g/mol. The molecule has 0 saturated heterocycles. The third-order valence-electron chi connectivity index (χ3n) is 2.44. The first-order valence-electron chi connectivity index (χ1n) is 5.30. The van der Waals surface area contributed by atoms with Gasteiger partial charge in [-0.3, -0.25) is 4.79 Å². The van der Waals surface area contributed by atoms with E-state index in [1.807, 2.05) is 12.1 Å². The summed E-state index contributed by atoms with van der Waals surface area (Å²) < 4.78 is 17.1. The molecule has 0 atom stereocenters. The van der Waals surface area contributed by atoms with E-state index in [1.54, 1.807) is 12.1 Å². The van der Waals surface area contributed by atoms with Crippen molar-refractivity contribution in [3.63, 3.8) is 0 Å². The monoisotopic (exact) mass is 671 g/mol. The Balaban J connectivity index is 2.36. The van der Waals surface area contributed by atoms with Gasteiger partial charge in [0.25, 0.3) is 5.91 Å². The van der Waals surface area contributed by atoms with Crippen molar-refractivity contribution in [3.05, 3.63) is 56.9 Å². The lowest BCUT2D eigenvalue weighted by Gasteiger charge is -2.11. The molecule has 0 saturated carbocycles. The highest BCUT2D eigenvalue weighted by atomic mass is 127. The number of hydrogen-bond acceptors (Lipinski definition) is 1. The van der Waals surface area contributed by atoms with Crippen LogP contribution < -0.4 is 5.32 Å². The molecule has 0 aliphatic carbocycles. The predicted molar refractivity (Wildman–Crippen MR) is 107 cm³/mol. The molecule has 2 aromatic carbocycles. The lowest BCUT2D eigenvalue weighted by molar-refractivity contribution is 0.102. The maximum Gasteiger partial charge on any atom is 0.258 e. The molecule has 0 heterocycles. The molecule has 20 heavy (non-hydrogen) atoms. The van der Waals surface area contributed by atoms with Gasteiger partial charge in [0.15, 0.2) is 0 Å². The summed E-state index contributed by atoms with van der Waals surface area (Å²) in [6, 6.07) is 8.56. The smallest absolute Gasteiger partial charge is 0.258 e. The molecule has 0 radical (unpaired) electrons. The van der Waals surface area contributed by atoms with Gasteiger partial charge in [0.1, 0.15) is 5.82 Å². The van der Waals surface area contributed by atoms with Gasteiger partial charge < -0.3 is 5.32 Å². The summed E-state index contributed by atoms with van der Waals surface area (Å²) in [7, 11) is 0. The third-order valence-corrected chi connectivity index (χ3v) is 5.38. The normalized spacial score (nSPS) is 10.4. The number of anilines is 1. The van der Waals surface area contributed by atoms with Crippen LogP contribution in [0.5, 0.6) is 0 Å². The van der Waals surface area contributed by atoms with Crippen LogP contribution in [0.4, 0.5) is 10.1 Å². The second-order valence-corrected chi connectivity index (χ2v) is 8.22. The fourth-order valence-corrected chi connectivity index (χ4v) is 5.74. The summed E-state index contributed by atoms with van der Waals surface area (Å²) >= 11 is 9.60. The minimum atomic E-state index is -0.555. The van der Waals surface area contributed by atoms with Crippen LogP contribution in [-0.4, -0.2) is 5.91 Å². The van der Waals surface area contributed by atoms with E-state index in [0.717, 1.165) is 10.7 Å². The largest absolute Gasteiger partial charge is 0.320 e. The van der Waals surface area contributed by atoms with E-state index in [4.69, 9.17) is 0 Å². The Hall–Kier alpha value is 0.510. The Bertz CT molecular complexity index is 670. The Morgan fingerprint density at radius 2 is 1.75 bits per heavy atom. The molecule has 0 bridgehead atoms. The van der Waals surface area contributed by atoms with Gasteiger partial charge in [-0.2, -0.15) is 0 Å². The van der Waals surface area contributed by atoms with Gasteiger partial charge in [-0.15, -0.1) is 0 Å². The molecule has 0 spiro atoms. The predicted octanol–water partition coefficient (Wildman–Crippen LogP) is 5.65. The van der Waals surface area contributed by atoms with E-state index in [1.165, 1.54) is 6.07 Å². The first-order valence-corrected chi connectivity index (χ1v) is 9.33. The van der Waals surface area contributed by atoms with Crippen LogP contribution in [0.25, 0.3) is 0 Å². The Morgan fingerprint density at radius 3 is 2.35 bits per heavy atom. The standard InChI is InChI=1S/C13H6BrFI3NO/c14-8-3-1-2-7(11(8)15)13(20)19-12-9(17)4-6(16)5-10(12)18/h1-5H,(H,19,20). The van der Waals surface area contributed by atoms with Crippen molar-refractivity contribution in [2.75, 3.05) is 5.32 Å².